The van der Waals surface area contributed by atoms with Gasteiger partial charge in [0.25, 0.3) is 0 Å². The number of aliphatic hydroxyl groups is 1. The zero-order valence-corrected chi connectivity index (χ0v) is 9.93. The molecule has 2 nitrogen and oxygen atoms in total. The Morgan fingerprint density at radius 3 is 3.20 bits per heavy atom. The molecule has 0 aromatic carbocycles. The highest BCUT2D eigenvalue weighted by atomic mass is 32.1. The molecule has 2 unspecified atom stereocenters. The fraction of sp³-hybridized carbons (Fsp3) is 0.667. The fourth-order valence-electron chi connectivity index (χ4n) is 2.18. The van der Waals surface area contributed by atoms with Gasteiger partial charge < -0.3 is 9.84 Å². The minimum absolute atomic E-state index is 0.201. The van der Waals surface area contributed by atoms with Crippen molar-refractivity contribution in [2.45, 2.75) is 44.3 Å². The van der Waals surface area contributed by atoms with Gasteiger partial charge in [-0.3, -0.25) is 0 Å². The summed E-state index contributed by atoms with van der Waals surface area (Å²) >= 11 is 1.77. The molecule has 0 bridgehead atoms. The molecule has 1 saturated heterocycles. The zero-order chi connectivity index (χ0) is 10.7. The average molecular weight is 226 g/mol. The van der Waals surface area contributed by atoms with Crippen molar-refractivity contribution < 1.29 is 9.84 Å². The molecular weight excluding hydrogens is 208 g/mol. The molecule has 15 heavy (non-hydrogen) atoms. The summed E-state index contributed by atoms with van der Waals surface area (Å²) in [7, 11) is 0. The third-order valence-corrected chi connectivity index (χ3v) is 3.99. The summed E-state index contributed by atoms with van der Waals surface area (Å²) in [5.41, 5.74) is -0.498. The smallest absolute Gasteiger partial charge is 0.0697 e. The van der Waals surface area contributed by atoms with Crippen LogP contribution in [0.15, 0.2) is 17.5 Å². The minimum Gasteiger partial charge on any atom is -0.390 e. The maximum Gasteiger partial charge on any atom is 0.0697 e. The molecular formula is C12H18O2S. The normalized spacial score (nSPS) is 31.7. The van der Waals surface area contributed by atoms with Gasteiger partial charge >= 0.3 is 0 Å². The van der Waals surface area contributed by atoms with Gasteiger partial charge in [-0.05, 0) is 37.6 Å². The molecule has 0 aliphatic carbocycles. The number of aryl methyl sites for hydroxylation is 1. The van der Waals surface area contributed by atoms with E-state index in [1.807, 2.05) is 6.92 Å². The monoisotopic (exact) mass is 226 g/mol. The van der Waals surface area contributed by atoms with E-state index in [0.717, 1.165) is 25.7 Å². The summed E-state index contributed by atoms with van der Waals surface area (Å²) in [6.07, 6.45) is 3.61. The van der Waals surface area contributed by atoms with Gasteiger partial charge in [-0.1, -0.05) is 6.07 Å². The van der Waals surface area contributed by atoms with Crippen LogP contribution in [0.3, 0.4) is 0 Å². The van der Waals surface area contributed by atoms with Gasteiger partial charge in [-0.2, -0.15) is 0 Å². The largest absolute Gasteiger partial charge is 0.390 e. The molecule has 2 atom stereocenters. The second kappa shape index (κ2) is 4.64. The fourth-order valence-corrected chi connectivity index (χ4v) is 2.89. The second-order valence-electron chi connectivity index (χ2n) is 4.44. The molecule has 84 valence electrons. The average Bonchev–Trinajstić information content (AvgIpc) is 2.67. The highest BCUT2D eigenvalue weighted by Crippen LogP contribution is 2.29. The van der Waals surface area contributed by atoms with E-state index in [1.165, 1.54) is 4.88 Å². The first kappa shape index (κ1) is 11.1. The molecule has 0 amide bonds. The van der Waals surface area contributed by atoms with E-state index in [-0.39, 0.29) is 6.10 Å². The quantitative estimate of drug-likeness (QED) is 0.858. The van der Waals surface area contributed by atoms with Gasteiger partial charge in [-0.15, -0.1) is 11.3 Å². The molecule has 2 rings (SSSR count). The van der Waals surface area contributed by atoms with Crippen molar-refractivity contribution in [1.29, 1.82) is 0 Å². The minimum atomic E-state index is -0.498. The van der Waals surface area contributed by atoms with Crippen molar-refractivity contribution in [2.75, 3.05) is 6.61 Å². The number of hydrogen-bond acceptors (Lipinski definition) is 3. The predicted octanol–water partition coefficient (Wildman–Crippen LogP) is 2.61. The van der Waals surface area contributed by atoms with Crippen molar-refractivity contribution in [2.24, 2.45) is 0 Å². The van der Waals surface area contributed by atoms with Crippen LogP contribution in [-0.2, 0) is 11.2 Å². The summed E-state index contributed by atoms with van der Waals surface area (Å²) in [5, 5.41) is 12.5. The molecule has 1 fully saturated rings. The van der Waals surface area contributed by atoms with Crippen LogP contribution in [-0.4, -0.2) is 23.4 Å². The first-order chi connectivity index (χ1) is 7.18. The molecule has 1 N–H and O–H groups in total. The molecule has 0 saturated carbocycles. The number of rotatable bonds is 3. The Kier molecular flexibility index (Phi) is 3.44. The van der Waals surface area contributed by atoms with Crippen LogP contribution in [0.5, 0.6) is 0 Å². The highest BCUT2D eigenvalue weighted by Gasteiger charge is 2.32. The zero-order valence-electron chi connectivity index (χ0n) is 9.11. The van der Waals surface area contributed by atoms with Gasteiger partial charge in [0, 0.05) is 17.9 Å². The summed E-state index contributed by atoms with van der Waals surface area (Å²) < 4.78 is 5.45. The van der Waals surface area contributed by atoms with Gasteiger partial charge in [0.15, 0.2) is 0 Å². The Labute approximate surface area is 94.9 Å². The topological polar surface area (TPSA) is 29.5 Å². The summed E-state index contributed by atoms with van der Waals surface area (Å²) in [6.45, 7) is 2.73. The third-order valence-electron chi connectivity index (χ3n) is 3.05. The lowest BCUT2D eigenvalue weighted by atomic mass is 9.86. The van der Waals surface area contributed by atoms with Crippen LogP contribution in [0.1, 0.15) is 31.1 Å². The van der Waals surface area contributed by atoms with Gasteiger partial charge in [0.1, 0.15) is 0 Å². The second-order valence-corrected chi connectivity index (χ2v) is 5.47. The molecule has 1 aromatic heterocycles. The Bertz CT molecular complexity index is 297. The van der Waals surface area contributed by atoms with E-state index in [1.54, 1.807) is 11.3 Å². The van der Waals surface area contributed by atoms with Crippen molar-refractivity contribution >= 4 is 11.3 Å². The first-order valence-corrected chi connectivity index (χ1v) is 6.42. The van der Waals surface area contributed by atoms with Crippen LogP contribution in [0.2, 0.25) is 0 Å². The number of thiophene rings is 1. The lowest BCUT2D eigenvalue weighted by molar-refractivity contribution is -0.100. The Morgan fingerprint density at radius 1 is 1.67 bits per heavy atom. The van der Waals surface area contributed by atoms with E-state index in [2.05, 4.69) is 17.5 Å². The summed E-state index contributed by atoms with van der Waals surface area (Å²) in [5.74, 6) is 0. The molecule has 0 radical (unpaired) electrons. The third kappa shape index (κ3) is 3.03. The van der Waals surface area contributed by atoms with Crippen LogP contribution in [0.25, 0.3) is 0 Å². The number of ether oxygens (including phenoxy) is 1. The molecule has 1 aromatic rings. The molecule has 2 heterocycles. The van der Waals surface area contributed by atoms with Crippen molar-refractivity contribution in [3.8, 4) is 0 Å². The predicted molar refractivity (Wildman–Crippen MR) is 62.2 cm³/mol. The van der Waals surface area contributed by atoms with Crippen molar-refractivity contribution in [1.82, 2.24) is 0 Å². The highest BCUT2D eigenvalue weighted by molar-refractivity contribution is 7.09. The van der Waals surface area contributed by atoms with Gasteiger partial charge in [0.05, 0.1) is 11.7 Å². The van der Waals surface area contributed by atoms with Gasteiger partial charge in [0.2, 0.25) is 0 Å². The van der Waals surface area contributed by atoms with Crippen LogP contribution in [0.4, 0.5) is 0 Å². The Morgan fingerprint density at radius 2 is 2.53 bits per heavy atom. The summed E-state index contributed by atoms with van der Waals surface area (Å²) in [6, 6.07) is 4.20. The Balaban J connectivity index is 1.87. The van der Waals surface area contributed by atoms with Crippen LogP contribution < -0.4 is 0 Å². The lowest BCUT2D eigenvalue weighted by Crippen LogP contribution is -2.40. The van der Waals surface area contributed by atoms with E-state index in [9.17, 15) is 5.11 Å². The molecule has 1 aliphatic heterocycles. The van der Waals surface area contributed by atoms with Crippen molar-refractivity contribution in [3.63, 3.8) is 0 Å². The SMILES string of the molecule is CC1CC(O)(CCc2cccs2)CCO1. The van der Waals surface area contributed by atoms with Crippen LogP contribution in [0, 0.1) is 0 Å². The maximum absolute atomic E-state index is 10.4. The van der Waals surface area contributed by atoms with Gasteiger partial charge in [-0.25, -0.2) is 0 Å². The Hall–Kier alpha value is -0.380. The maximum atomic E-state index is 10.4. The van der Waals surface area contributed by atoms with E-state index in [4.69, 9.17) is 4.74 Å². The lowest BCUT2D eigenvalue weighted by Gasteiger charge is -2.35. The van der Waals surface area contributed by atoms with E-state index >= 15 is 0 Å². The molecule has 1 aliphatic rings. The number of hydrogen-bond donors (Lipinski definition) is 1. The van der Waals surface area contributed by atoms with Crippen LogP contribution >= 0.6 is 11.3 Å². The summed E-state index contributed by atoms with van der Waals surface area (Å²) in [4.78, 5) is 1.36. The van der Waals surface area contributed by atoms with E-state index < -0.39 is 5.60 Å². The van der Waals surface area contributed by atoms with E-state index in [0.29, 0.717) is 6.61 Å². The first-order valence-electron chi connectivity index (χ1n) is 5.54. The molecule has 3 heteroatoms. The standard InChI is InChI=1S/C12H18O2S/c1-10-9-12(13,6-7-14-10)5-4-11-3-2-8-15-11/h2-3,8,10,13H,4-7,9H2,1H3. The molecule has 0 spiro atoms. The van der Waals surface area contributed by atoms with Crippen molar-refractivity contribution in [3.05, 3.63) is 22.4 Å².